The Balaban J connectivity index is 2.26. The highest BCUT2D eigenvalue weighted by Crippen LogP contribution is 2.22. The normalized spacial score (nSPS) is 9.75. The zero-order valence-corrected chi connectivity index (χ0v) is 8.58. The van der Waals surface area contributed by atoms with Crippen molar-refractivity contribution < 1.29 is 4.74 Å². The maximum absolute atomic E-state index is 8.79. The topological polar surface area (TPSA) is 89.8 Å². The number of nitrogens with zero attached hydrogens (tertiary/aromatic N) is 4. The molecule has 6 nitrogen and oxygen atoms in total. The highest BCUT2D eigenvalue weighted by Gasteiger charge is 2.04. The van der Waals surface area contributed by atoms with Crippen molar-refractivity contribution >= 4 is 5.69 Å². The molecule has 0 amide bonds. The summed E-state index contributed by atoms with van der Waals surface area (Å²) >= 11 is 0. The van der Waals surface area contributed by atoms with Crippen LogP contribution in [-0.4, -0.2) is 14.8 Å². The maximum atomic E-state index is 8.79. The van der Waals surface area contributed by atoms with E-state index in [4.69, 9.17) is 15.7 Å². The molecule has 16 heavy (non-hydrogen) atoms. The quantitative estimate of drug-likeness (QED) is 0.756. The molecule has 2 aromatic rings. The molecule has 0 aliphatic carbocycles. The van der Waals surface area contributed by atoms with Gasteiger partial charge in [0.1, 0.15) is 18.1 Å². The predicted octanol–water partition coefficient (Wildman–Crippen LogP) is 1.06. The van der Waals surface area contributed by atoms with Crippen molar-refractivity contribution in [1.82, 2.24) is 14.8 Å². The van der Waals surface area contributed by atoms with E-state index in [1.54, 1.807) is 25.2 Å². The SMILES string of the molecule is Cn1cnc(Oc2ccc(N)c(C#N)c2)n1. The lowest BCUT2D eigenvalue weighted by Gasteiger charge is -2.02. The summed E-state index contributed by atoms with van der Waals surface area (Å²) in [6.07, 6.45) is 1.53. The van der Waals surface area contributed by atoms with Crippen LogP contribution in [0.4, 0.5) is 5.69 Å². The fourth-order valence-electron chi connectivity index (χ4n) is 1.17. The van der Waals surface area contributed by atoms with Gasteiger partial charge >= 0.3 is 6.01 Å². The molecule has 0 aliphatic rings. The molecule has 1 aromatic carbocycles. The number of rotatable bonds is 2. The Morgan fingerprint density at radius 3 is 2.94 bits per heavy atom. The fourth-order valence-corrected chi connectivity index (χ4v) is 1.17. The Kier molecular flexibility index (Phi) is 2.44. The van der Waals surface area contributed by atoms with Crippen molar-refractivity contribution in [2.24, 2.45) is 7.05 Å². The van der Waals surface area contributed by atoms with E-state index in [-0.39, 0.29) is 6.01 Å². The molecule has 0 atom stereocenters. The summed E-state index contributed by atoms with van der Waals surface area (Å²) in [4.78, 5) is 3.90. The smallest absolute Gasteiger partial charge is 0.340 e. The number of benzene rings is 1. The van der Waals surface area contributed by atoms with Crippen LogP contribution in [0.25, 0.3) is 0 Å². The summed E-state index contributed by atoms with van der Waals surface area (Å²) in [5.41, 5.74) is 6.37. The molecule has 6 heteroatoms. The molecule has 0 spiro atoms. The highest BCUT2D eigenvalue weighted by atomic mass is 16.5. The molecule has 0 fully saturated rings. The lowest BCUT2D eigenvalue weighted by Crippen LogP contribution is -1.93. The van der Waals surface area contributed by atoms with Gasteiger partial charge in [0.05, 0.1) is 5.56 Å². The number of aromatic nitrogens is 3. The Labute approximate surface area is 91.9 Å². The van der Waals surface area contributed by atoms with Crippen molar-refractivity contribution in [3.63, 3.8) is 0 Å². The van der Waals surface area contributed by atoms with E-state index in [1.807, 2.05) is 6.07 Å². The monoisotopic (exact) mass is 215 g/mol. The van der Waals surface area contributed by atoms with Gasteiger partial charge in [-0.3, -0.25) is 4.68 Å². The first kappa shape index (κ1) is 9.98. The number of nitrogen functional groups attached to an aromatic ring is 1. The first-order valence-electron chi connectivity index (χ1n) is 4.52. The van der Waals surface area contributed by atoms with Crippen LogP contribution in [0.1, 0.15) is 5.56 Å². The van der Waals surface area contributed by atoms with Crippen LogP contribution < -0.4 is 10.5 Å². The van der Waals surface area contributed by atoms with Gasteiger partial charge in [0.2, 0.25) is 0 Å². The lowest BCUT2D eigenvalue weighted by molar-refractivity contribution is 0.439. The molecule has 2 N–H and O–H groups in total. The first-order valence-corrected chi connectivity index (χ1v) is 4.52. The molecule has 80 valence electrons. The van der Waals surface area contributed by atoms with Crippen LogP contribution in [0, 0.1) is 11.3 Å². The van der Waals surface area contributed by atoms with Gasteiger partial charge in [0.25, 0.3) is 0 Å². The average Bonchev–Trinajstić information content (AvgIpc) is 2.67. The number of anilines is 1. The number of nitrogens with two attached hydrogens (primary N) is 1. The molecule has 0 saturated heterocycles. The van der Waals surface area contributed by atoms with Crippen LogP contribution in [0.5, 0.6) is 11.8 Å². The van der Waals surface area contributed by atoms with Gasteiger partial charge in [-0.25, -0.2) is 0 Å². The molecule has 0 aliphatic heterocycles. The van der Waals surface area contributed by atoms with Gasteiger partial charge in [0.15, 0.2) is 0 Å². The first-order chi connectivity index (χ1) is 7.69. The van der Waals surface area contributed by atoms with Gasteiger partial charge in [0, 0.05) is 18.8 Å². The fraction of sp³-hybridized carbons (Fsp3) is 0.100. The summed E-state index contributed by atoms with van der Waals surface area (Å²) in [6, 6.07) is 7.02. The third kappa shape index (κ3) is 1.93. The molecule has 0 unspecified atom stereocenters. The van der Waals surface area contributed by atoms with E-state index in [0.717, 1.165) is 0 Å². The van der Waals surface area contributed by atoms with Gasteiger partial charge in [-0.05, 0) is 12.1 Å². The molecule has 0 bridgehead atoms. The van der Waals surface area contributed by atoms with Crippen molar-refractivity contribution in [3.05, 3.63) is 30.1 Å². The Hall–Kier alpha value is -2.55. The predicted molar refractivity (Wildman–Crippen MR) is 56.6 cm³/mol. The summed E-state index contributed by atoms with van der Waals surface area (Å²) in [7, 11) is 1.74. The summed E-state index contributed by atoms with van der Waals surface area (Å²) < 4.78 is 6.87. The van der Waals surface area contributed by atoms with E-state index < -0.39 is 0 Å². The minimum absolute atomic E-state index is 0.233. The number of nitriles is 1. The van der Waals surface area contributed by atoms with Gasteiger partial charge in [-0.2, -0.15) is 10.2 Å². The van der Waals surface area contributed by atoms with Crippen molar-refractivity contribution in [3.8, 4) is 17.8 Å². The van der Waals surface area contributed by atoms with Gasteiger partial charge in [-0.15, -0.1) is 5.10 Å². The van der Waals surface area contributed by atoms with E-state index >= 15 is 0 Å². The molecule has 1 aromatic heterocycles. The lowest BCUT2D eigenvalue weighted by atomic mass is 10.2. The number of ether oxygens (including phenoxy) is 1. The van der Waals surface area contributed by atoms with Crippen LogP contribution in [0.3, 0.4) is 0 Å². The van der Waals surface area contributed by atoms with Gasteiger partial charge in [-0.1, -0.05) is 0 Å². The number of hydrogen-bond acceptors (Lipinski definition) is 5. The molecular weight excluding hydrogens is 206 g/mol. The van der Waals surface area contributed by atoms with Crippen LogP contribution in [0.15, 0.2) is 24.5 Å². The minimum Gasteiger partial charge on any atom is -0.423 e. The Morgan fingerprint density at radius 2 is 2.31 bits per heavy atom. The largest absolute Gasteiger partial charge is 0.423 e. The second kappa shape index (κ2) is 3.90. The summed E-state index contributed by atoms with van der Waals surface area (Å²) in [5, 5.41) is 12.7. The van der Waals surface area contributed by atoms with Gasteiger partial charge < -0.3 is 10.5 Å². The summed E-state index contributed by atoms with van der Waals surface area (Å²) in [5.74, 6) is 0.483. The molecule has 1 heterocycles. The zero-order chi connectivity index (χ0) is 11.5. The standard InChI is InChI=1S/C10H9N5O/c1-15-6-13-10(14-15)16-8-2-3-9(12)7(4-8)5-11/h2-4,6H,12H2,1H3. The third-order valence-electron chi connectivity index (χ3n) is 1.93. The van der Waals surface area contributed by atoms with Crippen LogP contribution in [0.2, 0.25) is 0 Å². The van der Waals surface area contributed by atoms with E-state index in [1.165, 1.54) is 11.0 Å². The molecule has 0 radical (unpaired) electrons. The van der Waals surface area contributed by atoms with Crippen molar-refractivity contribution in [2.75, 3.05) is 5.73 Å². The van der Waals surface area contributed by atoms with E-state index in [2.05, 4.69) is 10.1 Å². The van der Waals surface area contributed by atoms with Crippen LogP contribution >= 0.6 is 0 Å². The highest BCUT2D eigenvalue weighted by molar-refractivity contribution is 5.56. The summed E-state index contributed by atoms with van der Waals surface area (Å²) in [6.45, 7) is 0. The second-order valence-corrected chi connectivity index (χ2v) is 3.16. The maximum Gasteiger partial charge on any atom is 0.340 e. The van der Waals surface area contributed by atoms with Crippen LogP contribution in [-0.2, 0) is 7.05 Å². The Morgan fingerprint density at radius 1 is 1.50 bits per heavy atom. The minimum atomic E-state index is 0.233. The van der Waals surface area contributed by atoms with E-state index in [9.17, 15) is 0 Å². The molecule has 0 saturated carbocycles. The second-order valence-electron chi connectivity index (χ2n) is 3.16. The third-order valence-corrected chi connectivity index (χ3v) is 1.93. The molecule has 2 rings (SSSR count). The van der Waals surface area contributed by atoms with E-state index in [0.29, 0.717) is 17.0 Å². The number of aryl methyl sites for hydroxylation is 1. The Bertz CT molecular complexity index is 555. The number of hydrogen-bond donors (Lipinski definition) is 1. The average molecular weight is 215 g/mol. The van der Waals surface area contributed by atoms with Crippen molar-refractivity contribution in [1.29, 1.82) is 5.26 Å². The van der Waals surface area contributed by atoms with Crippen molar-refractivity contribution in [2.45, 2.75) is 0 Å². The molecular formula is C10H9N5O. The zero-order valence-electron chi connectivity index (χ0n) is 8.58.